The van der Waals surface area contributed by atoms with E-state index >= 15 is 0 Å². The number of carbonyl (C=O) groups excluding carboxylic acids is 4. The number of ether oxygens (including phenoxy) is 5. The van der Waals surface area contributed by atoms with Crippen LogP contribution >= 0.6 is 0 Å². The first-order valence-electron chi connectivity index (χ1n) is 24.6. The van der Waals surface area contributed by atoms with Crippen molar-refractivity contribution in [2.45, 2.75) is 173 Å². The fourth-order valence-electron chi connectivity index (χ4n) is 11.6. The number of ketones is 2. The number of aryl methyl sites for hydroxylation is 1. The molecule has 66 heavy (non-hydrogen) atoms. The molecule has 6 rings (SSSR count). The van der Waals surface area contributed by atoms with Gasteiger partial charge < -0.3 is 43.2 Å². The Hall–Kier alpha value is -3.88. The van der Waals surface area contributed by atoms with Crippen molar-refractivity contribution in [3.05, 3.63) is 53.8 Å². The van der Waals surface area contributed by atoms with Gasteiger partial charge in [-0.25, -0.2) is 4.79 Å². The van der Waals surface area contributed by atoms with Crippen molar-refractivity contribution in [2.75, 3.05) is 39.8 Å². The molecule has 1 aliphatic carbocycles. The van der Waals surface area contributed by atoms with Crippen LogP contribution in [0.4, 0.5) is 5.69 Å². The van der Waals surface area contributed by atoms with E-state index in [1.165, 1.54) is 4.90 Å². The van der Waals surface area contributed by atoms with E-state index in [0.29, 0.717) is 57.8 Å². The van der Waals surface area contributed by atoms with Gasteiger partial charge in [-0.3, -0.25) is 14.4 Å². The number of methoxy groups -OCH3 is 3. The molecule has 0 spiro atoms. The number of Topliss-reactive ketones (excluding diaryl/α,β-unsaturated/α-hetero) is 2. The largest absolute Gasteiger partial charge is 0.456 e. The number of rotatable bonds is 8. The van der Waals surface area contributed by atoms with Crippen molar-refractivity contribution in [1.29, 1.82) is 0 Å². The zero-order chi connectivity index (χ0) is 48.1. The summed E-state index contributed by atoms with van der Waals surface area (Å²) >= 11 is 0. The Labute approximate surface area is 393 Å². The molecule has 13 heteroatoms. The molecule has 0 radical (unpaired) electrons. The lowest BCUT2D eigenvalue weighted by atomic mass is 9.76. The number of hydrogen-bond acceptors (Lipinski definition) is 11. The van der Waals surface area contributed by atoms with Gasteiger partial charge in [0.15, 0.2) is 0 Å². The van der Waals surface area contributed by atoms with Gasteiger partial charge in [-0.1, -0.05) is 45.4 Å². The number of cyclic esters (lactones) is 1. The SMILES string of the molecule is CCC1C=C(C)CC(C)CC(OC)C2OC(O)(C(=O)C(=O)N3CCCCC3C(=O)OC(C(C)=CC3(N(C)c4ccc5c(ccn5C)c4)CCCC(OC)C3)C(C)CCC1=O)C(C)CC2OC. The molecule has 3 aliphatic heterocycles. The van der Waals surface area contributed by atoms with Gasteiger partial charge in [0.25, 0.3) is 11.7 Å². The number of amides is 1. The summed E-state index contributed by atoms with van der Waals surface area (Å²) in [5.41, 5.74) is 3.62. The van der Waals surface area contributed by atoms with Gasteiger partial charge in [-0.15, -0.1) is 0 Å². The number of hydrogen-bond donors (Lipinski definition) is 1. The van der Waals surface area contributed by atoms with E-state index in [9.17, 15) is 24.3 Å². The van der Waals surface area contributed by atoms with E-state index in [2.05, 4.69) is 73.0 Å². The summed E-state index contributed by atoms with van der Waals surface area (Å²) in [7, 11) is 9.05. The van der Waals surface area contributed by atoms with Crippen LogP contribution in [-0.2, 0) is 49.9 Å². The van der Waals surface area contributed by atoms with E-state index < -0.39 is 65.4 Å². The van der Waals surface area contributed by atoms with Crippen LogP contribution in [0.5, 0.6) is 0 Å². The third-order valence-electron chi connectivity index (χ3n) is 15.6. The van der Waals surface area contributed by atoms with E-state index in [1.807, 2.05) is 27.8 Å². The zero-order valence-corrected chi connectivity index (χ0v) is 41.7. The standard InChI is InChI=1S/C53H79N3O10/c1-12-38-27-33(2)26-34(3)28-45(63-10)48-46(64-11)29-37(6)53(61,66-48)49(58)50(59)56-24-14-13-17-43(56)51(60)65-47(35(4)18-21-44(38)57)36(5)31-52(23-15-16-41(32-52)62-9)55(8)40-19-20-42-39(30-40)22-25-54(42)7/h19-20,22,25,27,30-31,34-35,37-38,41,43,45-48,61H,12-18,21,23-24,26,28-29,32H2,1-11H3. The molecule has 1 N–H and O–H groups in total. The molecule has 1 aromatic carbocycles. The van der Waals surface area contributed by atoms with Crippen LogP contribution in [0.2, 0.25) is 0 Å². The summed E-state index contributed by atoms with van der Waals surface area (Å²) in [6, 6.07) is 7.57. The lowest BCUT2D eigenvalue weighted by Crippen LogP contribution is -2.64. The average Bonchev–Trinajstić information content (AvgIpc) is 3.69. The van der Waals surface area contributed by atoms with Crippen LogP contribution in [0.1, 0.15) is 125 Å². The molecule has 4 heterocycles. The predicted octanol–water partition coefficient (Wildman–Crippen LogP) is 8.28. The number of esters is 1. The Balaban J connectivity index is 1.41. The van der Waals surface area contributed by atoms with Crippen LogP contribution in [0.15, 0.2) is 53.8 Å². The molecule has 13 nitrogen and oxygen atoms in total. The highest BCUT2D eigenvalue weighted by molar-refractivity contribution is 6.39. The molecule has 12 atom stereocenters. The molecule has 2 saturated heterocycles. The van der Waals surface area contributed by atoms with E-state index in [-0.39, 0.29) is 42.6 Å². The molecule has 4 aliphatic rings. The zero-order valence-electron chi connectivity index (χ0n) is 41.7. The molecular weight excluding hydrogens is 839 g/mol. The van der Waals surface area contributed by atoms with Crippen molar-refractivity contribution < 1.29 is 48.0 Å². The van der Waals surface area contributed by atoms with Gasteiger partial charge in [-0.05, 0) is 126 Å². The topological polar surface area (TPSA) is 146 Å². The minimum Gasteiger partial charge on any atom is -0.456 e. The Kier molecular flexibility index (Phi) is 17.2. The number of piperidine rings is 1. The Bertz CT molecular complexity index is 2100. The van der Waals surface area contributed by atoms with Crippen LogP contribution in [0.3, 0.4) is 0 Å². The molecule has 1 aromatic heterocycles. The number of likely N-dealkylation sites (N-methyl/N-ethyl adjacent to an activating group) is 1. The molecule has 12 unspecified atom stereocenters. The first-order valence-corrected chi connectivity index (χ1v) is 24.6. The van der Waals surface area contributed by atoms with Crippen LogP contribution < -0.4 is 4.90 Å². The summed E-state index contributed by atoms with van der Waals surface area (Å²) in [4.78, 5) is 61.5. The second-order valence-corrected chi connectivity index (χ2v) is 20.4. The molecule has 2 bridgehead atoms. The Morgan fingerprint density at radius 1 is 0.970 bits per heavy atom. The summed E-state index contributed by atoms with van der Waals surface area (Å²) in [6.07, 6.45) is 11.5. The summed E-state index contributed by atoms with van der Waals surface area (Å²) < 4.78 is 33.0. The molecule has 1 saturated carbocycles. The van der Waals surface area contributed by atoms with Crippen molar-refractivity contribution in [2.24, 2.45) is 30.7 Å². The monoisotopic (exact) mass is 918 g/mol. The van der Waals surface area contributed by atoms with Gasteiger partial charge >= 0.3 is 5.97 Å². The number of aliphatic hydroxyl groups is 1. The van der Waals surface area contributed by atoms with Gasteiger partial charge in [0.05, 0.1) is 23.9 Å². The normalized spacial score (nSPS) is 35.2. The second kappa shape index (κ2) is 22.0. The fraction of sp³-hybridized carbons (Fsp3) is 0.698. The van der Waals surface area contributed by atoms with Crippen molar-refractivity contribution in [1.82, 2.24) is 9.47 Å². The highest BCUT2D eigenvalue weighted by Crippen LogP contribution is 2.42. The number of allylic oxidation sites excluding steroid dienone is 2. The maximum absolute atomic E-state index is 14.8. The van der Waals surface area contributed by atoms with Gasteiger partial charge in [0.2, 0.25) is 5.79 Å². The highest BCUT2D eigenvalue weighted by atomic mass is 16.7. The summed E-state index contributed by atoms with van der Waals surface area (Å²) in [5, 5.41) is 13.3. The van der Waals surface area contributed by atoms with Crippen molar-refractivity contribution in [3.63, 3.8) is 0 Å². The molecular formula is C53H79N3O10. The highest BCUT2D eigenvalue weighted by Gasteiger charge is 2.56. The van der Waals surface area contributed by atoms with E-state index in [0.717, 1.165) is 47.0 Å². The summed E-state index contributed by atoms with van der Waals surface area (Å²) in [6.45, 7) is 12.0. The number of benzene rings is 1. The lowest BCUT2D eigenvalue weighted by molar-refractivity contribution is -0.302. The number of anilines is 1. The Morgan fingerprint density at radius 3 is 2.39 bits per heavy atom. The van der Waals surface area contributed by atoms with Crippen LogP contribution in [-0.4, -0.2) is 121 Å². The number of aromatic nitrogens is 1. The number of fused-ring (bicyclic) bond motifs is 4. The molecule has 3 fully saturated rings. The van der Waals surface area contributed by atoms with Gasteiger partial charge in [0.1, 0.15) is 24.0 Å². The number of nitrogens with zero attached hydrogens (tertiary/aromatic N) is 3. The van der Waals surface area contributed by atoms with Crippen LogP contribution in [0, 0.1) is 23.7 Å². The van der Waals surface area contributed by atoms with E-state index in [4.69, 9.17) is 23.7 Å². The maximum Gasteiger partial charge on any atom is 0.329 e. The van der Waals surface area contributed by atoms with E-state index in [1.54, 1.807) is 28.3 Å². The molecule has 2 aromatic rings. The third-order valence-corrected chi connectivity index (χ3v) is 15.6. The number of carbonyl (C=O) groups is 4. The average molecular weight is 918 g/mol. The lowest BCUT2D eigenvalue weighted by Gasteiger charge is -2.47. The first-order chi connectivity index (χ1) is 31.4. The van der Waals surface area contributed by atoms with Crippen molar-refractivity contribution >= 4 is 40.0 Å². The Morgan fingerprint density at radius 2 is 1.70 bits per heavy atom. The third kappa shape index (κ3) is 11.0. The smallest absolute Gasteiger partial charge is 0.329 e. The molecule has 366 valence electrons. The quantitative estimate of drug-likeness (QED) is 0.155. The fourth-order valence-corrected chi connectivity index (χ4v) is 11.6. The maximum atomic E-state index is 14.8. The second-order valence-electron chi connectivity index (χ2n) is 20.4. The van der Waals surface area contributed by atoms with Crippen LogP contribution in [0.25, 0.3) is 10.9 Å². The van der Waals surface area contributed by atoms with Crippen molar-refractivity contribution in [3.8, 4) is 0 Å². The predicted molar refractivity (Wildman–Crippen MR) is 256 cm³/mol. The van der Waals surface area contributed by atoms with Gasteiger partial charge in [-0.2, -0.15) is 0 Å². The summed E-state index contributed by atoms with van der Waals surface area (Å²) in [5.74, 6) is -6.32. The van der Waals surface area contributed by atoms with Gasteiger partial charge in [0, 0.05) is 89.4 Å². The minimum absolute atomic E-state index is 0.0120. The molecule has 1 amide bonds. The minimum atomic E-state index is -2.48. The first kappa shape index (κ1) is 51.5.